The fourth-order valence-electron chi connectivity index (χ4n) is 3.89. The maximum Gasteiger partial charge on any atom is 0.573 e. The molecule has 4 rings (SSSR count). The largest absolute Gasteiger partial charge is 0.573 e. The van der Waals surface area contributed by atoms with E-state index >= 15 is 0 Å². The predicted octanol–water partition coefficient (Wildman–Crippen LogP) is 8.05. The second-order valence-corrected chi connectivity index (χ2v) is 10.1. The Hall–Kier alpha value is -3.79. The number of rotatable bonds is 6. The first-order valence-corrected chi connectivity index (χ1v) is 11.9. The van der Waals surface area contributed by atoms with Crippen molar-refractivity contribution < 1.29 is 32.2 Å². The number of alkyl halides is 3. The second kappa shape index (κ2) is 9.93. The third-order valence-electron chi connectivity index (χ3n) is 5.54. The van der Waals surface area contributed by atoms with Crippen molar-refractivity contribution in [3.8, 4) is 16.9 Å². The van der Waals surface area contributed by atoms with E-state index in [0.29, 0.717) is 32.7 Å². The van der Waals surface area contributed by atoms with Crippen LogP contribution in [0.2, 0.25) is 0 Å². The smallest absolute Gasteiger partial charge is 0.478 e. The van der Waals surface area contributed by atoms with Crippen molar-refractivity contribution in [2.24, 2.45) is 0 Å². The van der Waals surface area contributed by atoms with Gasteiger partial charge >= 0.3 is 12.3 Å². The predicted molar refractivity (Wildman–Crippen MR) is 135 cm³/mol. The number of carboxylic acids is 1. The van der Waals surface area contributed by atoms with Gasteiger partial charge in [0.1, 0.15) is 11.6 Å². The van der Waals surface area contributed by atoms with Gasteiger partial charge in [-0.05, 0) is 71.0 Å². The summed E-state index contributed by atoms with van der Waals surface area (Å²) in [7, 11) is 0. The van der Waals surface area contributed by atoms with E-state index in [1.54, 1.807) is 24.3 Å². The van der Waals surface area contributed by atoms with Crippen LogP contribution in [0.15, 0.2) is 71.8 Å². The number of hydrogen-bond acceptors (Lipinski definition) is 5. The zero-order valence-electron chi connectivity index (χ0n) is 20.0. The first-order valence-electron chi connectivity index (χ1n) is 11.1. The van der Waals surface area contributed by atoms with Crippen molar-refractivity contribution in [1.82, 2.24) is 4.98 Å². The van der Waals surface area contributed by atoms with Crippen LogP contribution in [0.5, 0.6) is 5.75 Å². The molecule has 4 aromatic rings. The molecule has 0 bridgehead atoms. The molecule has 0 radical (unpaired) electrons. The monoisotopic (exact) mass is 530 g/mol. The summed E-state index contributed by atoms with van der Waals surface area (Å²) in [6.07, 6.45) is -3.46. The lowest BCUT2D eigenvalue weighted by Gasteiger charge is -2.20. The Balaban J connectivity index is 1.78. The Morgan fingerprint density at radius 3 is 2.41 bits per heavy atom. The van der Waals surface area contributed by atoms with E-state index in [2.05, 4.69) is 14.4 Å². The molecule has 1 aromatic heterocycles. The number of anilines is 1. The minimum absolute atomic E-state index is 0.0413. The number of benzene rings is 3. The molecular formula is C27H22F4N2O3S. The maximum absolute atomic E-state index is 14.7. The highest BCUT2D eigenvalue weighted by molar-refractivity contribution is 8.00. The molecule has 0 saturated heterocycles. The molecule has 0 aliphatic heterocycles. The number of pyridine rings is 1. The second-order valence-electron chi connectivity index (χ2n) is 9.22. The zero-order chi connectivity index (χ0) is 27.0. The van der Waals surface area contributed by atoms with Gasteiger partial charge in [-0.1, -0.05) is 39.0 Å². The van der Waals surface area contributed by atoms with E-state index in [-0.39, 0.29) is 22.3 Å². The number of carboxylic acid groups (broad SMARTS) is 1. The van der Waals surface area contributed by atoms with Gasteiger partial charge in [-0.3, -0.25) is 4.98 Å². The summed E-state index contributed by atoms with van der Waals surface area (Å²) in [5.74, 6) is -1.99. The molecule has 2 N–H and O–H groups in total. The summed E-state index contributed by atoms with van der Waals surface area (Å²) in [5.41, 5.74) is 1.50. The van der Waals surface area contributed by atoms with Crippen LogP contribution in [-0.4, -0.2) is 22.4 Å². The van der Waals surface area contributed by atoms with Gasteiger partial charge in [0.2, 0.25) is 0 Å². The lowest BCUT2D eigenvalue weighted by molar-refractivity contribution is -0.274. The Morgan fingerprint density at radius 1 is 1.00 bits per heavy atom. The molecule has 3 aromatic carbocycles. The van der Waals surface area contributed by atoms with Crippen molar-refractivity contribution in [3.05, 3.63) is 83.8 Å². The summed E-state index contributed by atoms with van der Waals surface area (Å²) in [4.78, 5) is 16.4. The highest BCUT2D eigenvalue weighted by Gasteiger charge is 2.31. The van der Waals surface area contributed by atoms with Gasteiger partial charge in [0.25, 0.3) is 0 Å². The minimum Gasteiger partial charge on any atom is -0.478 e. The summed E-state index contributed by atoms with van der Waals surface area (Å²) in [5, 5.41) is 9.97. The van der Waals surface area contributed by atoms with Gasteiger partial charge in [0.15, 0.2) is 0 Å². The van der Waals surface area contributed by atoms with Crippen LogP contribution >= 0.6 is 11.9 Å². The number of nitrogens with zero attached hydrogens (tertiary/aromatic N) is 1. The third kappa shape index (κ3) is 5.96. The van der Waals surface area contributed by atoms with E-state index in [0.717, 1.165) is 18.0 Å². The lowest BCUT2D eigenvalue weighted by atomic mass is 9.87. The van der Waals surface area contributed by atoms with Gasteiger partial charge in [-0.2, -0.15) is 0 Å². The number of aromatic nitrogens is 1. The summed E-state index contributed by atoms with van der Waals surface area (Å²) < 4.78 is 60.7. The molecule has 0 aliphatic carbocycles. The fourth-order valence-corrected chi connectivity index (χ4v) is 4.60. The Bertz CT molecular complexity index is 1480. The van der Waals surface area contributed by atoms with Crippen molar-refractivity contribution >= 4 is 34.5 Å². The van der Waals surface area contributed by atoms with Crippen molar-refractivity contribution in [3.63, 3.8) is 0 Å². The van der Waals surface area contributed by atoms with Crippen LogP contribution < -0.4 is 9.46 Å². The average Bonchev–Trinajstić information content (AvgIpc) is 2.80. The van der Waals surface area contributed by atoms with Gasteiger partial charge < -0.3 is 14.6 Å². The minimum atomic E-state index is -4.90. The highest BCUT2D eigenvalue weighted by atomic mass is 32.2. The van der Waals surface area contributed by atoms with Gasteiger partial charge in [0, 0.05) is 22.0 Å². The average molecular weight is 531 g/mol. The number of hydrogen-bond donors (Lipinski definition) is 2. The topological polar surface area (TPSA) is 71.5 Å². The molecule has 192 valence electrons. The highest BCUT2D eigenvalue weighted by Crippen LogP contribution is 2.40. The summed E-state index contributed by atoms with van der Waals surface area (Å²) in [6.45, 7) is 5.71. The van der Waals surface area contributed by atoms with E-state index < -0.39 is 18.1 Å². The molecule has 1 heterocycles. The lowest BCUT2D eigenvalue weighted by Crippen LogP contribution is -2.17. The van der Waals surface area contributed by atoms with Crippen molar-refractivity contribution in [2.45, 2.75) is 37.4 Å². The van der Waals surface area contributed by atoms with Crippen LogP contribution in [0.3, 0.4) is 0 Å². The molecular weight excluding hydrogens is 508 g/mol. The van der Waals surface area contributed by atoms with Crippen LogP contribution in [0.1, 0.15) is 36.7 Å². The molecule has 0 atom stereocenters. The number of ether oxygens (including phenoxy) is 1. The summed E-state index contributed by atoms with van der Waals surface area (Å²) >= 11 is 1.09. The number of carbonyl (C=O) groups is 1. The van der Waals surface area contributed by atoms with Crippen molar-refractivity contribution in [2.75, 3.05) is 4.72 Å². The Morgan fingerprint density at radius 2 is 1.76 bits per heavy atom. The first kappa shape index (κ1) is 26.3. The van der Waals surface area contributed by atoms with Gasteiger partial charge in [0.05, 0.1) is 16.8 Å². The molecule has 0 spiro atoms. The number of halogens is 4. The molecule has 10 heteroatoms. The molecule has 0 saturated carbocycles. The molecule has 5 nitrogen and oxygen atoms in total. The van der Waals surface area contributed by atoms with Gasteiger partial charge in [-0.15, -0.1) is 13.2 Å². The third-order valence-corrected chi connectivity index (χ3v) is 6.35. The molecule has 37 heavy (non-hydrogen) atoms. The molecule has 0 amide bonds. The van der Waals surface area contributed by atoms with Crippen LogP contribution in [0.4, 0.5) is 23.2 Å². The van der Waals surface area contributed by atoms with Gasteiger partial charge in [-0.25, -0.2) is 9.18 Å². The van der Waals surface area contributed by atoms with Crippen molar-refractivity contribution in [1.29, 1.82) is 0 Å². The van der Waals surface area contributed by atoms with Crippen LogP contribution in [-0.2, 0) is 5.41 Å². The van der Waals surface area contributed by atoms with Crippen LogP contribution in [0, 0.1) is 5.82 Å². The van der Waals surface area contributed by atoms with E-state index in [1.165, 1.54) is 36.5 Å². The molecule has 0 unspecified atom stereocenters. The number of nitrogens with one attached hydrogen (secondary N) is 1. The fraction of sp³-hybridized carbons (Fsp3) is 0.185. The summed E-state index contributed by atoms with van der Waals surface area (Å²) in [6, 6.07) is 14.7. The number of aromatic carboxylic acids is 1. The van der Waals surface area contributed by atoms with E-state index in [9.17, 15) is 27.5 Å². The number of fused-ring (bicyclic) bond motifs is 1. The first-order chi connectivity index (χ1) is 17.3. The quantitative estimate of drug-likeness (QED) is 0.194. The normalized spacial score (nSPS) is 12.0. The van der Waals surface area contributed by atoms with E-state index in [4.69, 9.17) is 0 Å². The zero-order valence-corrected chi connectivity index (χ0v) is 20.8. The SMILES string of the molecule is CC(C)(C)c1ccc(SNc2ccc(OC(F)(F)F)cc2-c2ccc(C(=O)O)c3ncccc23)cc1F. The van der Waals surface area contributed by atoms with E-state index in [1.807, 2.05) is 20.8 Å². The Labute approximate surface area is 214 Å². The maximum atomic E-state index is 14.7. The standard InChI is InChI=1S/C27H22F4N2O3S/c1-26(2,3)21-10-7-16(14-22(21)28)37-33-23-11-6-15(36-27(29,30)31)13-20(23)17-8-9-19(25(34)35)24-18(17)5-4-12-32-24/h4-14,33H,1-3H3,(H,34,35). The van der Waals surface area contributed by atoms with Crippen LogP contribution in [0.25, 0.3) is 22.0 Å². The molecule has 0 aliphatic rings. The Kier molecular flexibility index (Phi) is 7.05. The molecule has 0 fully saturated rings.